The molecule has 1 atom stereocenters. The number of rotatable bonds is 3. The van der Waals surface area contributed by atoms with Crippen molar-refractivity contribution in [1.29, 1.82) is 0 Å². The van der Waals surface area contributed by atoms with Crippen LogP contribution in [0, 0.1) is 0 Å². The molecule has 0 aliphatic heterocycles. The summed E-state index contributed by atoms with van der Waals surface area (Å²) in [5.74, 6) is 0. The first-order valence-electron chi connectivity index (χ1n) is 3.54. The van der Waals surface area contributed by atoms with Crippen molar-refractivity contribution in [2.45, 2.75) is 6.17 Å². The van der Waals surface area contributed by atoms with Gasteiger partial charge in [-0.3, -0.25) is 0 Å². The third-order valence-corrected chi connectivity index (χ3v) is 1.43. The van der Waals surface area contributed by atoms with Gasteiger partial charge in [-0.05, 0) is 11.1 Å². The Morgan fingerprint density at radius 1 is 1.38 bits per heavy atom. The van der Waals surface area contributed by atoms with Gasteiger partial charge in [-0.15, -0.1) is 0 Å². The zero-order valence-electron chi connectivity index (χ0n) is 6.66. The summed E-state index contributed by atoms with van der Waals surface area (Å²) >= 11 is 0. The number of azide groups is 1. The van der Waals surface area contributed by atoms with E-state index in [0.29, 0.717) is 5.56 Å². The van der Waals surface area contributed by atoms with E-state index in [1.807, 2.05) is 6.07 Å². The molecule has 0 saturated carbocycles. The van der Waals surface area contributed by atoms with E-state index in [1.54, 1.807) is 24.3 Å². The highest BCUT2D eigenvalue weighted by Gasteiger charge is 2.05. The van der Waals surface area contributed by atoms with Crippen LogP contribution in [0.4, 0.5) is 0 Å². The third kappa shape index (κ3) is 2.45. The molecule has 5 nitrogen and oxygen atoms in total. The lowest BCUT2D eigenvalue weighted by Gasteiger charge is -2.01. The Bertz CT molecular complexity index is 345. The van der Waals surface area contributed by atoms with Gasteiger partial charge in [-0.2, -0.15) is 4.99 Å². The predicted octanol–water partition coefficient (Wildman–Crippen LogP) is 2.33. The van der Waals surface area contributed by atoms with Gasteiger partial charge in [0.05, 0.1) is 0 Å². The van der Waals surface area contributed by atoms with Crippen molar-refractivity contribution < 1.29 is 4.79 Å². The molecular weight excluding hydrogens is 168 g/mol. The smallest absolute Gasteiger partial charge is 0.211 e. The zero-order chi connectivity index (χ0) is 9.52. The molecule has 0 aliphatic carbocycles. The average molecular weight is 174 g/mol. The van der Waals surface area contributed by atoms with Gasteiger partial charge in [0, 0.05) is 4.91 Å². The summed E-state index contributed by atoms with van der Waals surface area (Å²) in [5, 5.41) is 3.34. The maximum absolute atomic E-state index is 9.99. The van der Waals surface area contributed by atoms with Crippen molar-refractivity contribution in [1.82, 2.24) is 0 Å². The molecular formula is C8H6N4O. The van der Waals surface area contributed by atoms with Crippen LogP contribution < -0.4 is 0 Å². The Hall–Kier alpha value is -2.09. The molecule has 0 aromatic heterocycles. The third-order valence-electron chi connectivity index (χ3n) is 1.43. The number of aliphatic imine (C=N–C) groups is 1. The minimum Gasteiger partial charge on any atom is -0.211 e. The van der Waals surface area contributed by atoms with Gasteiger partial charge >= 0.3 is 0 Å². The van der Waals surface area contributed by atoms with Crippen LogP contribution in [0.15, 0.2) is 40.4 Å². The fraction of sp³-hybridized carbons (Fsp3) is 0.125. The van der Waals surface area contributed by atoms with E-state index in [4.69, 9.17) is 5.53 Å². The fourth-order valence-electron chi connectivity index (χ4n) is 0.891. The first kappa shape index (κ1) is 9.00. The number of nitrogens with zero attached hydrogens (tertiary/aromatic N) is 4. The van der Waals surface area contributed by atoms with Crippen LogP contribution in [0.5, 0.6) is 0 Å². The van der Waals surface area contributed by atoms with E-state index in [0.717, 1.165) is 0 Å². The van der Waals surface area contributed by atoms with Gasteiger partial charge in [0.1, 0.15) is 0 Å². The van der Waals surface area contributed by atoms with Crippen molar-refractivity contribution in [2.24, 2.45) is 10.1 Å². The number of hydrogen-bond acceptors (Lipinski definition) is 3. The lowest BCUT2D eigenvalue weighted by atomic mass is 10.2. The van der Waals surface area contributed by atoms with Crippen molar-refractivity contribution in [2.75, 3.05) is 0 Å². The SMILES string of the molecule is [N-]=[N+]=NC(N=C=O)c1ccccc1. The maximum atomic E-state index is 9.99. The van der Waals surface area contributed by atoms with E-state index >= 15 is 0 Å². The molecule has 0 amide bonds. The Morgan fingerprint density at radius 3 is 2.62 bits per heavy atom. The molecule has 0 heterocycles. The van der Waals surface area contributed by atoms with Crippen LogP contribution in [0.2, 0.25) is 0 Å². The second-order valence-electron chi connectivity index (χ2n) is 2.21. The monoisotopic (exact) mass is 174 g/mol. The molecule has 1 unspecified atom stereocenters. The summed E-state index contributed by atoms with van der Waals surface area (Å²) < 4.78 is 0. The highest BCUT2D eigenvalue weighted by atomic mass is 16.1. The fourth-order valence-corrected chi connectivity index (χ4v) is 0.891. The summed E-state index contributed by atoms with van der Waals surface area (Å²) in [6.07, 6.45) is 0.559. The normalized spacial score (nSPS) is 10.8. The van der Waals surface area contributed by atoms with Crippen LogP contribution >= 0.6 is 0 Å². The number of isocyanates is 1. The first-order chi connectivity index (χ1) is 6.38. The van der Waals surface area contributed by atoms with Crippen molar-refractivity contribution >= 4 is 6.08 Å². The predicted molar refractivity (Wildman–Crippen MR) is 46.5 cm³/mol. The molecule has 0 spiro atoms. The lowest BCUT2D eigenvalue weighted by molar-refractivity contribution is 0.558. The minimum absolute atomic E-state index is 0.670. The van der Waals surface area contributed by atoms with Gasteiger partial charge in [-0.25, -0.2) is 4.79 Å². The standard InChI is InChI=1S/C8H6N4O/c9-12-11-8(10-6-13)7-4-2-1-3-5-7/h1-5,8H. The van der Waals surface area contributed by atoms with Crippen molar-refractivity contribution in [3.63, 3.8) is 0 Å². The van der Waals surface area contributed by atoms with Gasteiger partial charge < -0.3 is 0 Å². The molecule has 1 aromatic rings. The minimum atomic E-state index is -0.802. The van der Waals surface area contributed by atoms with Crippen LogP contribution in [-0.4, -0.2) is 6.08 Å². The van der Waals surface area contributed by atoms with E-state index in [2.05, 4.69) is 15.0 Å². The summed E-state index contributed by atoms with van der Waals surface area (Å²) in [4.78, 5) is 15.9. The second kappa shape index (κ2) is 4.72. The number of carbonyl (C=O) groups excluding carboxylic acids is 1. The summed E-state index contributed by atoms with van der Waals surface area (Å²) in [7, 11) is 0. The Labute approximate surface area is 74.4 Å². The number of benzene rings is 1. The van der Waals surface area contributed by atoms with Crippen molar-refractivity contribution in [3.05, 3.63) is 46.3 Å². The maximum Gasteiger partial charge on any atom is 0.235 e. The largest absolute Gasteiger partial charge is 0.235 e. The van der Waals surface area contributed by atoms with Gasteiger partial charge in [0.25, 0.3) is 0 Å². The molecule has 0 bridgehead atoms. The van der Waals surface area contributed by atoms with Crippen LogP contribution in [-0.2, 0) is 4.79 Å². The molecule has 64 valence electrons. The first-order valence-corrected chi connectivity index (χ1v) is 3.54. The zero-order valence-corrected chi connectivity index (χ0v) is 6.66. The molecule has 0 saturated heterocycles. The summed E-state index contributed by atoms with van der Waals surface area (Å²) in [6.45, 7) is 0. The summed E-state index contributed by atoms with van der Waals surface area (Å²) in [6, 6.07) is 8.81. The molecule has 0 radical (unpaired) electrons. The van der Waals surface area contributed by atoms with Crippen molar-refractivity contribution in [3.8, 4) is 0 Å². The molecule has 1 rings (SSSR count). The second-order valence-corrected chi connectivity index (χ2v) is 2.21. The molecule has 0 fully saturated rings. The summed E-state index contributed by atoms with van der Waals surface area (Å²) in [5.41, 5.74) is 8.86. The average Bonchev–Trinajstić information content (AvgIpc) is 2.19. The van der Waals surface area contributed by atoms with Crippen LogP contribution in [0.3, 0.4) is 0 Å². The van der Waals surface area contributed by atoms with Gasteiger partial charge in [-0.1, -0.05) is 35.4 Å². The highest BCUT2D eigenvalue weighted by molar-refractivity contribution is 5.35. The number of hydrogen-bond donors (Lipinski definition) is 0. The molecule has 5 heteroatoms. The Kier molecular flexibility index (Phi) is 3.27. The quantitative estimate of drug-likeness (QED) is 0.228. The highest BCUT2D eigenvalue weighted by Crippen LogP contribution is 2.17. The lowest BCUT2D eigenvalue weighted by Crippen LogP contribution is -1.88. The van der Waals surface area contributed by atoms with Gasteiger partial charge in [0.2, 0.25) is 6.08 Å². The molecule has 13 heavy (non-hydrogen) atoms. The Balaban J connectivity index is 3.01. The van der Waals surface area contributed by atoms with Gasteiger partial charge in [0.15, 0.2) is 6.17 Å². The molecule has 0 aliphatic rings. The van der Waals surface area contributed by atoms with Crippen LogP contribution in [0.1, 0.15) is 11.7 Å². The molecule has 0 N–H and O–H groups in total. The van der Waals surface area contributed by atoms with E-state index < -0.39 is 6.17 Å². The molecule has 1 aromatic carbocycles. The van der Waals surface area contributed by atoms with Crippen LogP contribution in [0.25, 0.3) is 10.4 Å². The van der Waals surface area contributed by atoms with E-state index in [1.165, 1.54) is 6.08 Å². The Morgan fingerprint density at radius 2 is 2.08 bits per heavy atom. The topological polar surface area (TPSA) is 78.2 Å². The van der Waals surface area contributed by atoms with E-state index in [9.17, 15) is 4.79 Å². The van der Waals surface area contributed by atoms with E-state index in [-0.39, 0.29) is 0 Å².